The van der Waals surface area contributed by atoms with Crippen molar-refractivity contribution in [2.75, 3.05) is 19.4 Å². The van der Waals surface area contributed by atoms with Crippen LogP contribution in [-0.4, -0.2) is 30.6 Å². The summed E-state index contributed by atoms with van der Waals surface area (Å²) < 4.78 is 4.88. The van der Waals surface area contributed by atoms with Gasteiger partial charge in [0.25, 0.3) is 0 Å². The molecule has 1 aromatic rings. The van der Waals surface area contributed by atoms with Gasteiger partial charge in [-0.15, -0.1) is 0 Å². The molecule has 0 aliphatic carbocycles. The normalized spacial score (nSPS) is 13.9. The highest BCUT2D eigenvalue weighted by molar-refractivity contribution is 7.99. The predicted molar refractivity (Wildman–Crippen MR) is 76.8 cm³/mol. The third-order valence-electron chi connectivity index (χ3n) is 2.81. The molecule has 0 fully saturated rings. The van der Waals surface area contributed by atoms with E-state index in [0.717, 1.165) is 17.7 Å². The standard InChI is InChI=1S/C14H21NO2S/c1-11(8-9-15)18-10-13(14(16)17-2)12-6-4-3-5-7-12/h3-7,11,13H,8-10,15H2,1-2H3. The number of esters is 1. The van der Waals surface area contributed by atoms with E-state index in [0.29, 0.717) is 11.8 Å². The van der Waals surface area contributed by atoms with Crippen LogP contribution in [0.1, 0.15) is 24.8 Å². The summed E-state index contributed by atoms with van der Waals surface area (Å²) in [5.74, 6) is 0.368. The third kappa shape index (κ3) is 4.70. The number of carbonyl (C=O) groups excluding carboxylic acids is 1. The molecule has 0 aliphatic heterocycles. The molecular formula is C14H21NO2S. The maximum absolute atomic E-state index is 11.8. The number of carbonyl (C=O) groups is 1. The van der Waals surface area contributed by atoms with Crippen LogP contribution in [0.25, 0.3) is 0 Å². The molecule has 2 unspecified atom stereocenters. The van der Waals surface area contributed by atoms with Crippen LogP contribution in [0, 0.1) is 0 Å². The molecular weight excluding hydrogens is 246 g/mol. The Morgan fingerprint density at radius 3 is 2.61 bits per heavy atom. The highest BCUT2D eigenvalue weighted by Gasteiger charge is 2.22. The minimum absolute atomic E-state index is 0.173. The Bertz CT molecular complexity index is 356. The minimum Gasteiger partial charge on any atom is -0.469 e. The second-order valence-corrected chi connectivity index (χ2v) is 5.68. The van der Waals surface area contributed by atoms with E-state index in [9.17, 15) is 4.79 Å². The van der Waals surface area contributed by atoms with E-state index >= 15 is 0 Å². The summed E-state index contributed by atoms with van der Waals surface area (Å²) in [6.07, 6.45) is 0.966. The molecule has 0 saturated heterocycles. The number of thioether (sulfide) groups is 1. The monoisotopic (exact) mass is 267 g/mol. The van der Waals surface area contributed by atoms with E-state index in [1.54, 1.807) is 11.8 Å². The van der Waals surface area contributed by atoms with E-state index in [-0.39, 0.29) is 11.9 Å². The van der Waals surface area contributed by atoms with Crippen molar-refractivity contribution in [3.8, 4) is 0 Å². The summed E-state index contributed by atoms with van der Waals surface area (Å²) >= 11 is 1.77. The molecule has 0 aliphatic rings. The Labute approximate surface area is 113 Å². The van der Waals surface area contributed by atoms with Crippen molar-refractivity contribution in [1.29, 1.82) is 0 Å². The molecule has 0 saturated carbocycles. The molecule has 2 atom stereocenters. The Kier molecular flexibility index (Phi) is 6.83. The fraction of sp³-hybridized carbons (Fsp3) is 0.500. The zero-order valence-electron chi connectivity index (χ0n) is 11.0. The fourth-order valence-electron chi connectivity index (χ4n) is 1.71. The first kappa shape index (κ1) is 15.1. The Hall–Kier alpha value is -1.00. The summed E-state index contributed by atoms with van der Waals surface area (Å²) in [5, 5.41) is 0.464. The lowest BCUT2D eigenvalue weighted by Gasteiger charge is -2.17. The van der Waals surface area contributed by atoms with E-state index in [1.807, 2.05) is 30.3 Å². The van der Waals surface area contributed by atoms with Crippen molar-refractivity contribution < 1.29 is 9.53 Å². The van der Waals surface area contributed by atoms with E-state index in [4.69, 9.17) is 10.5 Å². The molecule has 0 spiro atoms. The molecule has 0 radical (unpaired) electrons. The second-order valence-electron chi connectivity index (χ2n) is 4.21. The molecule has 0 bridgehead atoms. The van der Waals surface area contributed by atoms with Gasteiger partial charge >= 0.3 is 5.97 Å². The molecule has 0 aromatic heterocycles. The zero-order valence-corrected chi connectivity index (χ0v) is 11.8. The number of benzene rings is 1. The number of hydrogen-bond donors (Lipinski definition) is 1. The average Bonchev–Trinajstić information content (AvgIpc) is 2.40. The van der Waals surface area contributed by atoms with Crippen LogP contribution in [0.15, 0.2) is 30.3 Å². The van der Waals surface area contributed by atoms with Gasteiger partial charge in [-0.2, -0.15) is 11.8 Å². The Morgan fingerprint density at radius 1 is 1.39 bits per heavy atom. The lowest BCUT2D eigenvalue weighted by atomic mass is 10.0. The number of rotatable bonds is 7. The smallest absolute Gasteiger partial charge is 0.313 e. The highest BCUT2D eigenvalue weighted by Crippen LogP contribution is 2.25. The van der Waals surface area contributed by atoms with Crippen molar-refractivity contribution in [1.82, 2.24) is 0 Å². The highest BCUT2D eigenvalue weighted by atomic mass is 32.2. The van der Waals surface area contributed by atoms with Crippen LogP contribution >= 0.6 is 11.8 Å². The van der Waals surface area contributed by atoms with Crippen LogP contribution in [0.5, 0.6) is 0 Å². The lowest BCUT2D eigenvalue weighted by Crippen LogP contribution is -2.18. The minimum atomic E-state index is -0.193. The second kappa shape index (κ2) is 8.16. The zero-order chi connectivity index (χ0) is 13.4. The Morgan fingerprint density at radius 2 is 2.06 bits per heavy atom. The SMILES string of the molecule is COC(=O)C(CSC(C)CCN)c1ccccc1. The first-order chi connectivity index (χ1) is 8.69. The summed E-state index contributed by atoms with van der Waals surface area (Å²) in [6.45, 7) is 2.82. The third-order valence-corrected chi connectivity index (χ3v) is 4.14. The Balaban J connectivity index is 2.66. The van der Waals surface area contributed by atoms with Crippen molar-refractivity contribution in [3.05, 3.63) is 35.9 Å². The quantitative estimate of drug-likeness (QED) is 0.771. The van der Waals surface area contributed by atoms with Gasteiger partial charge in [-0.1, -0.05) is 37.3 Å². The van der Waals surface area contributed by atoms with Crippen molar-refractivity contribution >= 4 is 17.7 Å². The number of nitrogens with two attached hydrogens (primary N) is 1. The molecule has 18 heavy (non-hydrogen) atoms. The van der Waals surface area contributed by atoms with Crippen LogP contribution in [0.4, 0.5) is 0 Å². The number of ether oxygens (including phenoxy) is 1. The van der Waals surface area contributed by atoms with Crippen LogP contribution < -0.4 is 5.73 Å². The summed E-state index contributed by atoms with van der Waals surface area (Å²) in [5.41, 5.74) is 6.54. The van der Waals surface area contributed by atoms with Crippen LogP contribution in [0.3, 0.4) is 0 Å². The fourth-order valence-corrected chi connectivity index (χ4v) is 2.86. The van der Waals surface area contributed by atoms with Crippen molar-refractivity contribution in [3.63, 3.8) is 0 Å². The van der Waals surface area contributed by atoms with Gasteiger partial charge in [-0.25, -0.2) is 0 Å². The first-order valence-corrected chi connectivity index (χ1v) is 7.18. The van der Waals surface area contributed by atoms with Gasteiger partial charge in [0.2, 0.25) is 0 Å². The summed E-state index contributed by atoms with van der Waals surface area (Å²) in [4.78, 5) is 11.8. The largest absolute Gasteiger partial charge is 0.469 e. The summed E-state index contributed by atoms with van der Waals surface area (Å²) in [7, 11) is 1.44. The van der Waals surface area contributed by atoms with Gasteiger partial charge in [-0.3, -0.25) is 4.79 Å². The molecule has 1 rings (SSSR count). The lowest BCUT2D eigenvalue weighted by molar-refractivity contribution is -0.141. The number of hydrogen-bond acceptors (Lipinski definition) is 4. The topological polar surface area (TPSA) is 52.3 Å². The van der Waals surface area contributed by atoms with Gasteiger partial charge < -0.3 is 10.5 Å². The molecule has 0 heterocycles. The number of methoxy groups -OCH3 is 1. The van der Waals surface area contributed by atoms with Gasteiger partial charge in [0, 0.05) is 11.0 Å². The molecule has 1 aromatic carbocycles. The molecule has 4 heteroatoms. The van der Waals surface area contributed by atoms with Gasteiger partial charge in [0.15, 0.2) is 0 Å². The van der Waals surface area contributed by atoms with Crippen LogP contribution in [-0.2, 0) is 9.53 Å². The average molecular weight is 267 g/mol. The van der Waals surface area contributed by atoms with Gasteiger partial charge in [0.1, 0.15) is 0 Å². The van der Waals surface area contributed by atoms with Gasteiger partial charge in [0.05, 0.1) is 13.0 Å². The predicted octanol–water partition coefficient (Wildman–Crippen LogP) is 2.41. The molecule has 100 valence electrons. The van der Waals surface area contributed by atoms with E-state index < -0.39 is 0 Å². The molecule has 0 amide bonds. The van der Waals surface area contributed by atoms with E-state index in [1.165, 1.54) is 7.11 Å². The van der Waals surface area contributed by atoms with E-state index in [2.05, 4.69) is 6.92 Å². The van der Waals surface area contributed by atoms with Gasteiger partial charge in [-0.05, 0) is 18.5 Å². The maximum atomic E-state index is 11.8. The van der Waals surface area contributed by atoms with Crippen molar-refractivity contribution in [2.24, 2.45) is 5.73 Å². The van der Waals surface area contributed by atoms with Crippen molar-refractivity contribution in [2.45, 2.75) is 24.5 Å². The van der Waals surface area contributed by atoms with Crippen LogP contribution in [0.2, 0.25) is 0 Å². The molecule has 3 nitrogen and oxygen atoms in total. The maximum Gasteiger partial charge on any atom is 0.313 e. The summed E-state index contributed by atoms with van der Waals surface area (Å²) in [6, 6.07) is 9.77. The first-order valence-electron chi connectivity index (χ1n) is 6.13. The molecule has 2 N–H and O–H groups in total.